The summed E-state index contributed by atoms with van der Waals surface area (Å²) in [4.78, 5) is 16.5. The van der Waals surface area contributed by atoms with Gasteiger partial charge in [-0.2, -0.15) is 0 Å². The summed E-state index contributed by atoms with van der Waals surface area (Å²) in [5, 5.41) is 3.20. The average molecular weight is 375 g/mol. The molecule has 3 aliphatic rings. The van der Waals surface area contributed by atoms with Gasteiger partial charge in [-0.05, 0) is 68.6 Å². The summed E-state index contributed by atoms with van der Waals surface area (Å²) in [5.74, 6) is 0.575. The molecule has 2 atom stereocenters. The van der Waals surface area contributed by atoms with Crippen LogP contribution in [0.3, 0.4) is 0 Å². The van der Waals surface area contributed by atoms with Gasteiger partial charge >= 0.3 is 0 Å². The zero-order valence-electron chi connectivity index (χ0n) is 14.2. The van der Waals surface area contributed by atoms with Crippen LogP contribution in [0.25, 0.3) is 0 Å². The molecular formula is C19H22N2O2S2. The SMILES string of the molecule is Cc1cccc(S(=O)c2ccc(C(=O)NC3CN4CCC3CC4)s2)c1. The van der Waals surface area contributed by atoms with E-state index >= 15 is 0 Å². The van der Waals surface area contributed by atoms with Crippen LogP contribution in [0.4, 0.5) is 0 Å². The molecule has 4 nitrogen and oxygen atoms in total. The van der Waals surface area contributed by atoms with E-state index in [9.17, 15) is 9.00 Å². The number of rotatable bonds is 4. The van der Waals surface area contributed by atoms with Crippen LogP contribution >= 0.6 is 11.3 Å². The van der Waals surface area contributed by atoms with Crippen molar-refractivity contribution in [3.63, 3.8) is 0 Å². The molecule has 25 heavy (non-hydrogen) atoms. The first-order chi connectivity index (χ1) is 12.1. The lowest BCUT2D eigenvalue weighted by Crippen LogP contribution is -2.57. The highest BCUT2D eigenvalue weighted by Gasteiger charge is 2.35. The van der Waals surface area contributed by atoms with Crippen LogP contribution in [0.1, 0.15) is 28.1 Å². The number of amides is 1. The molecule has 1 N–H and O–H groups in total. The summed E-state index contributed by atoms with van der Waals surface area (Å²) in [6.45, 7) is 5.27. The molecule has 1 amide bonds. The number of benzene rings is 1. The van der Waals surface area contributed by atoms with Gasteiger partial charge < -0.3 is 10.2 Å². The van der Waals surface area contributed by atoms with E-state index in [0.29, 0.717) is 10.8 Å². The van der Waals surface area contributed by atoms with Crippen LogP contribution in [0, 0.1) is 12.8 Å². The normalized spacial score (nSPS) is 26.4. The van der Waals surface area contributed by atoms with Gasteiger partial charge in [-0.15, -0.1) is 11.3 Å². The van der Waals surface area contributed by atoms with Crippen LogP contribution in [0.15, 0.2) is 45.5 Å². The molecule has 2 unspecified atom stereocenters. The van der Waals surface area contributed by atoms with Gasteiger partial charge in [-0.1, -0.05) is 12.1 Å². The van der Waals surface area contributed by atoms with Crippen molar-refractivity contribution in [3.8, 4) is 0 Å². The first-order valence-corrected chi connectivity index (χ1v) is 10.7. The highest BCUT2D eigenvalue weighted by Crippen LogP contribution is 2.29. The lowest BCUT2D eigenvalue weighted by atomic mass is 9.84. The van der Waals surface area contributed by atoms with Gasteiger partial charge in [0, 0.05) is 17.5 Å². The predicted octanol–water partition coefficient (Wildman–Crippen LogP) is 3.05. The third kappa shape index (κ3) is 3.57. The molecule has 3 aliphatic heterocycles. The van der Waals surface area contributed by atoms with E-state index in [1.807, 2.05) is 37.3 Å². The summed E-state index contributed by atoms with van der Waals surface area (Å²) in [6, 6.07) is 11.6. The van der Waals surface area contributed by atoms with Crippen molar-refractivity contribution in [2.45, 2.75) is 34.9 Å². The van der Waals surface area contributed by atoms with Crippen molar-refractivity contribution in [2.24, 2.45) is 5.92 Å². The fourth-order valence-electron chi connectivity index (χ4n) is 3.76. The molecule has 4 heterocycles. The van der Waals surface area contributed by atoms with Gasteiger partial charge in [-0.3, -0.25) is 4.79 Å². The Bertz CT molecular complexity index is 809. The Morgan fingerprint density at radius 3 is 2.72 bits per heavy atom. The Morgan fingerprint density at radius 1 is 1.24 bits per heavy atom. The summed E-state index contributed by atoms with van der Waals surface area (Å²) in [5.41, 5.74) is 1.09. The van der Waals surface area contributed by atoms with Crippen molar-refractivity contribution in [1.29, 1.82) is 0 Å². The van der Waals surface area contributed by atoms with Crippen LogP contribution < -0.4 is 5.32 Å². The second-order valence-corrected chi connectivity index (χ2v) is 9.71. The third-order valence-corrected chi connectivity index (χ3v) is 7.93. The van der Waals surface area contributed by atoms with E-state index in [0.717, 1.165) is 34.3 Å². The Hall–Kier alpha value is -1.50. The number of nitrogens with zero attached hydrogens (tertiary/aromatic N) is 1. The van der Waals surface area contributed by atoms with Crippen LogP contribution in [-0.2, 0) is 10.8 Å². The second kappa shape index (κ2) is 7.02. The maximum Gasteiger partial charge on any atom is 0.261 e. The van der Waals surface area contributed by atoms with Gasteiger partial charge in [0.1, 0.15) is 0 Å². The quantitative estimate of drug-likeness (QED) is 0.895. The monoisotopic (exact) mass is 374 g/mol. The maximum atomic E-state index is 12.7. The molecule has 132 valence electrons. The Morgan fingerprint density at radius 2 is 2.04 bits per heavy atom. The zero-order chi connectivity index (χ0) is 17.4. The molecule has 6 heteroatoms. The number of thiophene rings is 1. The van der Waals surface area contributed by atoms with Crippen molar-refractivity contribution in [3.05, 3.63) is 46.8 Å². The van der Waals surface area contributed by atoms with Crippen LogP contribution in [-0.4, -0.2) is 40.7 Å². The van der Waals surface area contributed by atoms with Gasteiger partial charge in [-0.25, -0.2) is 4.21 Å². The molecule has 2 bridgehead atoms. The fraction of sp³-hybridized carbons (Fsp3) is 0.421. The van der Waals surface area contributed by atoms with E-state index in [1.165, 1.54) is 24.2 Å². The molecule has 1 aromatic heterocycles. The topological polar surface area (TPSA) is 49.4 Å². The number of hydrogen-bond donors (Lipinski definition) is 1. The number of piperidine rings is 3. The lowest BCUT2D eigenvalue weighted by Gasteiger charge is -2.44. The van der Waals surface area contributed by atoms with Gasteiger partial charge in [0.15, 0.2) is 0 Å². The van der Waals surface area contributed by atoms with E-state index in [4.69, 9.17) is 0 Å². The molecule has 0 saturated carbocycles. The molecule has 2 aromatic rings. The standard InChI is InChI=1S/C19H22N2O2S2/c1-13-3-2-4-15(11-13)25(23)18-6-5-17(24-18)19(22)20-16-12-21-9-7-14(16)8-10-21/h2-6,11,14,16H,7-10,12H2,1H3,(H,20,22). The second-order valence-electron chi connectivity index (χ2n) is 6.92. The van der Waals surface area contributed by atoms with Gasteiger partial charge in [0.25, 0.3) is 5.91 Å². The largest absolute Gasteiger partial charge is 0.347 e. The molecular weight excluding hydrogens is 352 g/mol. The molecule has 0 aliphatic carbocycles. The Kier molecular flexibility index (Phi) is 4.75. The smallest absolute Gasteiger partial charge is 0.261 e. The van der Waals surface area contributed by atoms with Crippen molar-refractivity contribution < 1.29 is 9.00 Å². The van der Waals surface area contributed by atoms with Gasteiger partial charge in [0.05, 0.1) is 19.9 Å². The first-order valence-electron chi connectivity index (χ1n) is 8.71. The van der Waals surface area contributed by atoms with E-state index in [-0.39, 0.29) is 11.9 Å². The Labute approximate surface area is 154 Å². The minimum absolute atomic E-state index is 0.0313. The predicted molar refractivity (Wildman–Crippen MR) is 101 cm³/mol. The highest BCUT2D eigenvalue weighted by atomic mass is 32.2. The average Bonchev–Trinajstić information content (AvgIpc) is 3.12. The lowest BCUT2D eigenvalue weighted by molar-refractivity contribution is 0.0622. The number of hydrogen-bond acceptors (Lipinski definition) is 4. The summed E-state index contributed by atoms with van der Waals surface area (Å²) in [6.07, 6.45) is 2.36. The molecule has 0 spiro atoms. The molecule has 1 aromatic carbocycles. The first kappa shape index (κ1) is 16.9. The van der Waals surface area contributed by atoms with E-state index in [2.05, 4.69) is 10.2 Å². The summed E-state index contributed by atoms with van der Waals surface area (Å²) in [7, 11) is -1.23. The molecule has 5 rings (SSSR count). The Balaban J connectivity index is 1.45. The number of fused-ring (bicyclic) bond motifs is 3. The number of aryl methyl sites for hydroxylation is 1. The summed E-state index contributed by atoms with van der Waals surface area (Å²) < 4.78 is 13.4. The van der Waals surface area contributed by atoms with Crippen molar-refractivity contribution in [1.82, 2.24) is 10.2 Å². The number of carbonyl (C=O) groups is 1. The van der Waals surface area contributed by atoms with Crippen molar-refractivity contribution >= 4 is 28.0 Å². The summed E-state index contributed by atoms with van der Waals surface area (Å²) >= 11 is 1.33. The van der Waals surface area contributed by atoms with E-state index < -0.39 is 10.8 Å². The van der Waals surface area contributed by atoms with Crippen molar-refractivity contribution in [2.75, 3.05) is 19.6 Å². The molecule has 3 fully saturated rings. The molecule has 3 saturated heterocycles. The highest BCUT2D eigenvalue weighted by molar-refractivity contribution is 7.87. The van der Waals surface area contributed by atoms with Crippen LogP contribution in [0.5, 0.6) is 0 Å². The molecule has 0 radical (unpaired) electrons. The third-order valence-electron chi connectivity index (χ3n) is 5.16. The van der Waals surface area contributed by atoms with Crippen LogP contribution in [0.2, 0.25) is 0 Å². The zero-order valence-corrected chi connectivity index (χ0v) is 15.9. The maximum absolute atomic E-state index is 12.7. The fourth-order valence-corrected chi connectivity index (χ4v) is 6.18. The number of carbonyl (C=O) groups excluding carboxylic acids is 1. The minimum atomic E-state index is -1.23. The minimum Gasteiger partial charge on any atom is -0.347 e. The number of nitrogens with one attached hydrogen (secondary N) is 1. The van der Waals surface area contributed by atoms with Gasteiger partial charge in [0.2, 0.25) is 0 Å². The van der Waals surface area contributed by atoms with E-state index in [1.54, 1.807) is 6.07 Å².